The normalized spacial score (nSPS) is 27.2. The van der Waals surface area contributed by atoms with Gasteiger partial charge in [0, 0.05) is 23.6 Å². The minimum Gasteiger partial charge on any atom is -0.313 e. The smallest absolute Gasteiger partial charge is 0.0210 e. The summed E-state index contributed by atoms with van der Waals surface area (Å²) in [5, 5.41) is 3.73. The van der Waals surface area contributed by atoms with Crippen molar-refractivity contribution in [1.29, 1.82) is 0 Å². The van der Waals surface area contributed by atoms with Gasteiger partial charge in [-0.05, 0) is 56.3 Å². The molecule has 0 aromatic heterocycles. The van der Waals surface area contributed by atoms with Crippen molar-refractivity contribution in [2.24, 2.45) is 0 Å². The van der Waals surface area contributed by atoms with Crippen molar-refractivity contribution in [3.05, 3.63) is 34.3 Å². The summed E-state index contributed by atoms with van der Waals surface area (Å²) in [6, 6.07) is 9.40. The van der Waals surface area contributed by atoms with E-state index in [0.717, 1.165) is 18.5 Å². The Labute approximate surface area is 131 Å². The van der Waals surface area contributed by atoms with Gasteiger partial charge in [-0.1, -0.05) is 40.5 Å². The third kappa shape index (κ3) is 3.63. The van der Waals surface area contributed by atoms with E-state index in [0.29, 0.717) is 0 Å². The summed E-state index contributed by atoms with van der Waals surface area (Å²) >= 11 is 3.67. The van der Waals surface area contributed by atoms with E-state index in [9.17, 15) is 0 Å². The van der Waals surface area contributed by atoms with E-state index in [-0.39, 0.29) is 0 Å². The topological polar surface area (TPSA) is 15.3 Å². The number of hydrogen-bond acceptors (Lipinski definition) is 2. The molecule has 1 heterocycles. The van der Waals surface area contributed by atoms with Crippen LogP contribution in [0.5, 0.6) is 0 Å². The van der Waals surface area contributed by atoms with Crippen LogP contribution in [0, 0.1) is 0 Å². The van der Waals surface area contributed by atoms with Crippen LogP contribution in [-0.4, -0.2) is 37.1 Å². The van der Waals surface area contributed by atoms with Crippen molar-refractivity contribution in [1.82, 2.24) is 10.2 Å². The fourth-order valence-corrected chi connectivity index (χ4v) is 4.06. The molecule has 0 spiro atoms. The molecule has 0 atom stereocenters. The lowest BCUT2D eigenvalue weighted by Gasteiger charge is -2.37. The highest BCUT2D eigenvalue weighted by atomic mass is 79.9. The van der Waals surface area contributed by atoms with Crippen LogP contribution in [0.15, 0.2) is 28.7 Å². The number of halogens is 1. The third-order valence-electron chi connectivity index (χ3n) is 4.79. The van der Waals surface area contributed by atoms with E-state index in [1.54, 1.807) is 0 Å². The minimum absolute atomic E-state index is 0.733. The van der Waals surface area contributed by atoms with Crippen molar-refractivity contribution in [3.63, 3.8) is 0 Å². The van der Waals surface area contributed by atoms with Gasteiger partial charge in [0.1, 0.15) is 0 Å². The second-order valence-corrected chi connectivity index (χ2v) is 7.10. The summed E-state index contributed by atoms with van der Waals surface area (Å²) < 4.78 is 1.27. The van der Waals surface area contributed by atoms with E-state index >= 15 is 0 Å². The number of nitrogens with one attached hydrogen (secondary N) is 1. The molecule has 110 valence electrons. The maximum atomic E-state index is 3.73. The van der Waals surface area contributed by atoms with Crippen molar-refractivity contribution < 1.29 is 0 Å². The molecule has 1 saturated carbocycles. The van der Waals surface area contributed by atoms with Crippen LogP contribution in [0.25, 0.3) is 0 Å². The summed E-state index contributed by atoms with van der Waals surface area (Å²) in [4.78, 5) is 2.61. The van der Waals surface area contributed by atoms with Gasteiger partial charge in [0.15, 0.2) is 0 Å². The molecule has 1 aromatic carbocycles. The van der Waals surface area contributed by atoms with Gasteiger partial charge < -0.3 is 10.2 Å². The Hall–Kier alpha value is -0.380. The Morgan fingerprint density at radius 1 is 1.10 bits per heavy atom. The van der Waals surface area contributed by atoms with E-state index in [2.05, 4.69) is 50.4 Å². The van der Waals surface area contributed by atoms with Crippen LogP contribution >= 0.6 is 15.9 Å². The first-order valence-electron chi connectivity index (χ1n) is 8.03. The lowest BCUT2D eigenvalue weighted by atomic mass is 9.76. The Balaban J connectivity index is 1.35. The average molecular weight is 337 g/mol. The van der Waals surface area contributed by atoms with Crippen molar-refractivity contribution >= 4 is 15.9 Å². The Bertz CT molecular complexity index is 423. The van der Waals surface area contributed by atoms with Crippen LogP contribution in [-0.2, 0) is 0 Å². The fourth-order valence-electron chi connectivity index (χ4n) is 3.45. The van der Waals surface area contributed by atoms with Crippen LogP contribution < -0.4 is 5.32 Å². The molecule has 1 aliphatic carbocycles. The second kappa shape index (κ2) is 7.06. The van der Waals surface area contributed by atoms with Gasteiger partial charge in [0.2, 0.25) is 0 Å². The molecule has 1 N–H and O–H groups in total. The van der Waals surface area contributed by atoms with Crippen LogP contribution in [0.3, 0.4) is 0 Å². The van der Waals surface area contributed by atoms with Gasteiger partial charge in [0.05, 0.1) is 0 Å². The van der Waals surface area contributed by atoms with Gasteiger partial charge in [-0.2, -0.15) is 0 Å². The molecule has 20 heavy (non-hydrogen) atoms. The highest BCUT2D eigenvalue weighted by Crippen LogP contribution is 2.39. The number of rotatable bonds is 5. The summed E-state index contributed by atoms with van der Waals surface area (Å²) in [7, 11) is 0. The first kappa shape index (κ1) is 14.6. The van der Waals surface area contributed by atoms with E-state index in [4.69, 9.17) is 0 Å². The molecule has 2 nitrogen and oxygen atoms in total. The summed E-state index contributed by atoms with van der Waals surface area (Å²) in [5.41, 5.74) is 1.49. The standard InChI is InChI=1S/C17H25BrN2/c18-17-7-3-2-6-16(17)14-12-15(13-14)19-8-11-20-9-4-1-5-10-20/h2-3,6-7,14-15,19H,1,4-5,8-13H2. The van der Waals surface area contributed by atoms with Crippen molar-refractivity contribution in [2.75, 3.05) is 26.2 Å². The lowest BCUT2D eigenvalue weighted by Crippen LogP contribution is -2.44. The van der Waals surface area contributed by atoms with Crippen molar-refractivity contribution in [3.8, 4) is 0 Å². The SMILES string of the molecule is Brc1ccccc1C1CC(NCCN2CCCCC2)C1. The van der Waals surface area contributed by atoms with Crippen LogP contribution in [0.4, 0.5) is 0 Å². The molecular formula is C17H25BrN2. The quantitative estimate of drug-likeness (QED) is 0.880. The zero-order chi connectivity index (χ0) is 13.8. The predicted molar refractivity (Wildman–Crippen MR) is 88.2 cm³/mol. The molecule has 0 bridgehead atoms. The maximum Gasteiger partial charge on any atom is 0.0210 e. The van der Waals surface area contributed by atoms with E-state index in [1.807, 2.05) is 0 Å². The van der Waals surface area contributed by atoms with Crippen LogP contribution in [0.2, 0.25) is 0 Å². The summed E-state index contributed by atoms with van der Waals surface area (Å²) in [6.45, 7) is 5.02. The molecule has 2 aliphatic rings. The van der Waals surface area contributed by atoms with E-state index < -0.39 is 0 Å². The zero-order valence-corrected chi connectivity index (χ0v) is 13.7. The van der Waals surface area contributed by atoms with Gasteiger partial charge in [0.25, 0.3) is 0 Å². The lowest BCUT2D eigenvalue weighted by molar-refractivity contribution is 0.213. The molecule has 0 unspecified atom stereocenters. The highest BCUT2D eigenvalue weighted by molar-refractivity contribution is 9.10. The molecular weight excluding hydrogens is 312 g/mol. The van der Waals surface area contributed by atoms with Gasteiger partial charge >= 0.3 is 0 Å². The molecule has 0 amide bonds. The Morgan fingerprint density at radius 3 is 2.60 bits per heavy atom. The number of benzene rings is 1. The molecule has 1 saturated heterocycles. The second-order valence-electron chi connectivity index (χ2n) is 6.24. The van der Waals surface area contributed by atoms with Gasteiger partial charge in [-0.3, -0.25) is 0 Å². The van der Waals surface area contributed by atoms with E-state index in [1.165, 1.54) is 61.8 Å². The molecule has 3 rings (SSSR count). The Morgan fingerprint density at radius 2 is 1.85 bits per heavy atom. The highest BCUT2D eigenvalue weighted by Gasteiger charge is 2.30. The zero-order valence-electron chi connectivity index (χ0n) is 12.2. The van der Waals surface area contributed by atoms with Gasteiger partial charge in [-0.15, -0.1) is 0 Å². The number of piperidine rings is 1. The molecule has 1 aromatic rings. The first-order chi connectivity index (χ1) is 9.83. The number of hydrogen-bond donors (Lipinski definition) is 1. The molecule has 1 aliphatic heterocycles. The summed E-state index contributed by atoms with van der Waals surface area (Å²) in [6.07, 6.45) is 6.81. The number of likely N-dealkylation sites (tertiary alicyclic amines) is 1. The van der Waals surface area contributed by atoms with Crippen molar-refractivity contribution in [2.45, 2.75) is 44.1 Å². The number of nitrogens with zero attached hydrogens (tertiary/aromatic N) is 1. The largest absolute Gasteiger partial charge is 0.313 e. The minimum atomic E-state index is 0.733. The third-order valence-corrected chi connectivity index (χ3v) is 5.52. The fraction of sp³-hybridized carbons (Fsp3) is 0.647. The maximum absolute atomic E-state index is 3.73. The molecule has 0 radical (unpaired) electrons. The Kier molecular flexibility index (Phi) is 5.14. The summed E-state index contributed by atoms with van der Waals surface area (Å²) in [5.74, 6) is 0.748. The molecule has 3 heteroatoms. The first-order valence-corrected chi connectivity index (χ1v) is 8.82. The van der Waals surface area contributed by atoms with Gasteiger partial charge in [-0.25, -0.2) is 0 Å². The average Bonchev–Trinajstić information content (AvgIpc) is 2.44. The molecule has 2 fully saturated rings. The monoisotopic (exact) mass is 336 g/mol. The van der Waals surface area contributed by atoms with Crippen LogP contribution in [0.1, 0.15) is 43.6 Å². The predicted octanol–water partition coefficient (Wildman–Crippen LogP) is 3.77.